The third-order valence-electron chi connectivity index (χ3n) is 2.41. The van der Waals surface area contributed by atoms with Crippen LogP contribution in [0.1, 0.15) is 16.8 Å². The van der Waals surface area contributed by atoms with Crippen molar-refractivity contribution < 1.29 is 28.9 Å². The van der Waals surface area contributed by atoms with Gasteiger partial charge in [0.2, 0.25) is 0 Å². The van der Waals surface area contributed by atoms with Gasteiger partial charge in [-0.05, 0) is 12.1 Å². The quantitative estimate of drug-likeness (QED) is 0.696. The molecular formula is C12H14FNO5. The fourth-order valence-electron chi connectivity index (χ4n) is 1.43. The maximum absolute atomic E-state index is 13.5. The summed E-state index contributed by atoms with van der Waals surface area (Å²) in [6, 6.07) is 3.95. The summed E-state index contributed by atoms with van der Waals surface area (Å²) in [4.78, 5) is 22.1. The van der Waals surface area contributed by atoms with E-state index < -0.39 is 23.8 Å². The van der Waals surface area contributed by atoms with Gasteiger partial charge >= 0.3 is 5.97 Å². The van der Waals surface area contributed by atoms with Crippen LogP contribution in [0.5, 0.6) is 5.75 Å². The van der Waals surface area contributed by atoms with Crippen molar-refractivity contribution in [2.24, 2.45) is 0 Å². The van der Waals surface area contributed by atoms with Crippen LogP contribution in [-0.4, -0.2) is 41.8 Å². The third kappa shape index (κ3) is 3.92. The van der Waals surface area contributed by atoms with Crippen LogP contribution in [0.15, 0.2) is 18.2 Å². The molecule has 0 fully saturated rings. The smallest absolute Gasteiger partial charge is 0.332 e. The molecule has 104 valence electrons. The Balaban J connectivity index is 2.66. The highest BCUT2D eigenvalue weighted by atomic mass is 19.1. The summed E-state index contributed by atoms with van der Waals surface area (Å²) in [6.45, 7) is -0.0935. The van der Waals surface area contributed by atoms with Gasteiger partial charge < -0.3 is 20.3 Å². The fourth-order valence-corrected chi connectivity index (χ4v) is 1.43. The Hall–Kier alpha value is -2.15. The predicted molar refractivity (Wildman–Crippen MR) is 63.5 cm³/mol. The highest BCUT2D eigenvalue weighted by Crippen LogP contribution is 2.20. The number of aliphatic carboxylic acids is 1. The Kier molecular flexibility index (Phi) is 5.25. The summed E-state index contributed by atoms with van der Waals surface area (Å²) in [7, 11) is 1.31. The van der Waals surface area contributed by atoms with Crippen molar-refractivity contribution in [3.8, 4) is 5.75 Å². The van der Waals surface area contributed by atoms with E-state index in [1.807, 2.05) is 0 Å². The van der Waals surface area contributed by atoms with Crippen molar-refractivity contribution in [3.63, 3.8) is 0 Å². The Morgan fingerprint density at radius 1 is 1.47 bits per heavy atom. The van der Waals surface area contributed by atoms with Gasteiger partial charge in [0.15, 0.2) is 6.10 Å². The molecule has 3 N–H and O–H groups in total. The summed E-state index contributed by atoms with van der Waals surface area (Å²) in [6.07, 6.45) is -1.74. The Morgan fingerprint density at radius 3 is 2.74 bits per heavy atom. The molecule has 7 heteroatoms. The van der Waals surface area contributed by atoms with Crippen molar-refractivity contribution in [2.45, 2.75) is 12.5 Å². The molecule has 0 unspecified atom stereocenters. The monoisotopic (exact) mass is 271 g/mol. The molecule has 1 aromatic carbocycles. The second-order valence-corrected chi connectivity index (χ2v) is 3.72. The first-order chi connectivity index (χ1) is 8.97. The van der Waals surface area contributed by atoms with Crippen LogP contribution in [0.2, 0.25) is 0 Å². The summed E-state index contributed by atoms with van der Waals surface area (Å²) in [5.74, 6) is -2.77. The van der Waals surface area contributed by atoms with Crippen LogP contribution >= 0.6 is 0 Å². The van der Waals surface area contributed by atoms with Crippen molar-refractivity contribution in [2.75, 3.05) is 13.7 Å². The van der Waals surface area contributed by atoms with Crippen LogP contribution in [0.4, 0.5) is 4.39 Å². The van der Waals surface area contributed by atoms with Crippen LogP contribution in [0.3, 0.4) is 0 Å². The SMILES string of the molecule is COc1cccc(F)c1C(=O)NCC[C@H](O)C(=O)O. The van der Waals surface area contributed by atoms with Crippen LogP contribution in [-0.2, 0) is 4.79 Å². The van der Waals surface area contributed by atoms with E-state index in [0.717, 1.165) is 6.07 Å². The Bertz CT molecular complexity index is 477. The number of carbonyl (C=O) groups is 2. The number of carbonyl (C=O) groups excluding carboxylic acids is 1. The molecule has 0 aliphatic carbocycles. The van der Waals surface area contributed by atoms with Crippen molar-refractivity contribution >= 4 is 11.9 Å². The molecule has 0 aromatic heterocycles. The van der Waals surface area contributed by atoms with Crippen molar-refractivity contribution in [1.82, 2.24) is 5.32 Å². The molecule has 1 rings (SSSR count). The lowest BCUT2D eigenvalue weighted by Crippen LogP contribution is -2.30. The standard InChI is InChI=1S/C12H14FNO5/c1-19-9-4-2-3-7(13)10(9)11(16)14-6-5-8(15)12(17)18/h2-4,8,15H,5-6H2,1H3,(H,14,16)(H,17,18)/t8-/m0/s1. The Labute approximate surface area is 108 Å². The summed E-state index contributed by atoms with van der Waals surface area (Å²) in [5, 5.41) is 19.8. The number of halogens is 1. The van der Waals surface area contributed by atoms with Gasteiger partial charge in [0.25, 0.3) is 5.91 Å². The number of aliphatic hydroxyl groups is 1. The van der Waals surface area contributed by atoms with E-state index in [1.165, 1.54) is 19.2 Å². The number of carboxylic acids is 1. The molecule has 0 aliphatic rings. The largest absolute Gasteiger partial charge is 0.496 e. The van der Waals surface area contributed by atoms with Crippen molar-refractivity contribution in [1.29, 1.82) is 0 Å². The molecule has 0 aliphatic heterocycles. The number of aliphatic hydroxyl groups excluding tert-OH is 1. The number of nitrogens with one attached hydrogen (secondary N) is 1. The zero-order valence-electron chi connectivity index (χ0n) is 10.2. The van der Waals surface area contributed by atoms with E-state index in [1.54, 1.807) is 0 Å². The molecule has 1 aromatic rings. The topological polar surface area (TPSA) is 95.9 Å². The first-order valence-electron chi connectivity index (χ1n) is 5.49. The molecule has 0 radical (unpaired) electrons. The number of ether oxygens (including phenoxy) is 1. The lowest BCUT2D eigenvalue weighted by Gasteiger charge is -2.10. The normalized spacial score (nSPS) is 11.7. The zero-order valence-corrected chi connectivity index (χ0v) is 10.2. The minimum Gasteiger partial charge on any atom is -0.496 e. The van der Waals surface area contributed by atoms with Gasteiger partial charge in [0, 0.05) is 13.0 Å². The van der Waals surface area contributed by atoms with Gasteiger partial charge in [-0.15, -0.1) is 0 Å². The molecule has 0 spiro atoms. The highest BCUT2D eigenvalue weighted by Gasteiger charge is 2.18. The van der Waals surface area contributed by atoms with Gasteiger partial charge in [0.05, 0.1) is 7.11 Å². The summed E-state index contributed by atoms with van der Waals surface area (Å²) < 4.78 is 18.4. The number of carboxylic acid groups (broad SMARTS) is 1. The average Bonchev–Trinajstić information content (AvgIpc) is 2.37. The first kappa shape index (κ1) is 14.9. The van der Waals surface area contributed by atoms with Crippen LogP contribution < -0.4 is 10.1 Å². The third-order valence-corrected chi connectivity index (χ3v) is 2.41. The molecule has 19 heavy (non-hydrogen) atoms. The lowest BCUT2D eigenvalue weighted by molar-refractivity contribution is -0.146. The van der Waals surface area contributed by atoms with Gasteiger partial charge in [-0.3, -0.25) is 4.79 Å². The molecular weight excluding hydrogens is 257 g/mol. The number of hydrogen-bond acceptors (Lipinski definition) is 4. The van der Waals surface area contributed by atoms with Crippen LogP contribution in [0, 0.1) is 5.82 Å². The minimum atomic E-state index is -1.57. The average molecular weight is 271 g/mol. The maximum atomic E-state index is 13.5. The second-order valence-electron chi connectivity index (χ2n) is 3.72. The Morgan fingerprint density at radius 2 is 2.16 bits per heavy atom. The van der Waals surface area contributed by atoms with Gasteiger partial charge in [-0.2, -0.15) is 0 Å². The zero-order chi connectivity index (χ0) is 14.4. The number of amides is 1. The number of methoxy groups -OCH3 is 1. The molecule has 0 saturated carbocycles. The summed E-state index contributed by atoms with van der Waals surface area (Å²) >= 11 is 0. The van der Waals surface area contributed by atoms with E-state index in [2.05, 4.69) is 5.32 Å². The lowest BCUT2D eigenvalue weighted by atomic mass is 10.1. The van der Waals surface area contributed by atoms with Gasteiger partial charge in [-0.1, -0.05) is 6.07 Å². The maximum Gasteiger partial charge on any atom is 0.332 e. The summed E-state index contributed by atoms with van der Waals surface area (Å²) in [5.41, 5.74) is -0.255. The van der Waals surface area contributed by atoms with E-state index in [9.17, 15) is 14.0 Å². The molecule has 0 heterocycles. The van der Waals surface area contributed by atoms with Crippen molar-refractivity contribution in [3.05, 3.63) is 29.6 Å². The van der Waals surface area contributed by atoms with E-state index in [-0.39, 0.29) is 24.3 Å². The molecule has 0 bridgehead atoms. The molecule has 0 saturated heterocycles. The van der Waals surface area contributed by atoms with Gasteiger partial charge in [-0.25, -0.2) is 9.18 Å². The predicted octanol–water partition coefficient (Wildman–Crippen LogP) is 0.400. The molecule has 1 atom stereocenters. The second kappa shape index (κ2) is 6.69. The van der Waals surface area contributed by atoms with Crippen LogP contribution in [0.25, 0.3) is 0 Å². The van der Waals surface area contributed by atoms with E-state index in [0.29, 0.717) is 0 Å². The van der Waals surface area contributed by atoms with Gasteiger partial charge in [0.1, 0.15) is 17.1 Å². The fraction of sp³-hybridized carbons (Fsp3) is 0.333. The molecule has 1 amide bonds. The number of hydrogen-bond donors (Lipinski definition) is 3. The van der Waals surface area contributed by atoms with E-state index >= 15 is 0 Å². The first-order valence-corrected chi connectivity index (χ1v) is 5.49. The molecule has 6 nitrogen and oxygen atoms in total. The number of rotatable bonds is 6. The highest BCUT2D eigenvalue weighted by molar-refractivity contribution is 5.97. The minimum absolute atomic E-state index is 0.0799. The van der Waals surface area contributed by atoms with E-state index in [4.69, 9.17) is 14.9 Å². The number of benzene rings is 1.